The zero-order valence-electron chi connectivity index (χ0n) is 9.86. The summed E-state index contributed by atoms with van der Waals surface area (Å²) in [7, 11) is 0. The third kappa shape index (κ3) is 4.47. The first-order chi connectivity index (χ1) is 6.88. The van der Waals surface area contributed by atoms with Gasteiger partial charge in [-0.2, -0.15) is 0 Å². The van der Waals surface area contributed by atoms with E-state index in [1.54, 1.807) is 0 Å². The quantitative estimate of drug-likeness (QED) is 0.723. The maximum absolute atomic E-state index is 11.1. The van der Waals surface area contributed by atoms with E-state index in [9.17, 15) is 4.79 Å². The molecule has 0 bridgehead atoms. The van der Waals surface area contributed by atoms with Crippen LogP contribution in [-0.4, -0.2) is 35.6 Å². The van der Waals surface area contributed by atoms with Gasteiger partial charge in [0.2, 0.25) is 0 Å². The van der Waals surface area contributed by atoms with Gasteiger partial charge in [-0.05, 0) is 11.8 Å². The van der Waals surface area contributed by atoms with E-state index in [2.05, 4.69) is 37.8 Å². The molecule has 3 heteroatoms. The Hall–Kier alpha value is -0.830. The SMILES string of the molecule is CC(C)(C)CC(CN1CC=CC1)C(=O)O. The number of hydrogen-bond donors (Lipinski definition) is 1. The summed E-state index contributed by atoms with van der Waals surface area (Å²) in [6, 6.07) is 0. The predicted molar refractivity (Wildman–Crippen MR) is 60.8 cm³/mol. The molecule has 0 aliphatic carbocycles. The lowest BCUT2D eigenvalue weighted by Crippen LogP contribution is -2.33. The van der Waals surface area contributed by atoms with E-state index in [0.29, 0.717) is 6.54 Å². The minimum atomic E-state index is -0.670. The largest absolute Gasteiger partial charge is 0.481 e. The average Bonchev–Trinajstić information content (AvgIpc) is 2.52. The molecule has 0 saturated carbocycles. The number of carboxylic acid groups (broad SMARTS) is 1. The van der Waals surface area contributed by atoms with E-state index in [1.807, 2.05) is 0 Å². The van der Waals surface area contributed by atoms with Crippen molar-refractivity contribution in [1.29, 1.82) is 0 Å². The molecule has 1 heterocycles. The molecule has 1 N–H and O–H groups in total. The molecule has 1 aliphatic heterocycles. The van der Waals surface area contributed by atoms with Crippen LogP contribution in [0.3, 0.4) is 0 Å². The van der Waals surface area contributed by atoms with Gasteiger partial charge in [-0.15, -0.1) is 0 Å². The van der Waals surface area contributed by atoms with Gasteiger partial charge in [-0.3, -0.25) is 9.69 Å². The Morgan fingerprint density at radius 1 is 1.40 bits per heavy atom. The zero-order chi connectivity index (χ0) is 11.5. The number of carboxylic acids is 1. The molecular formula is C12H21NO2. The van der Waals surface area contributed by atoms with Crippen molar-refractivity contribution in [3.05, 3.63) is 12.2 Å². The van der Waals surface area contributed by atoms with Gasteiger partial charge in [0.1, 0.15) is 0 Å². The molecule has 0 saturated heterocycles. The molecule has 0 aromatic carbocycles. The number of rotatable bonds is 4. The topological polar surface area (TPSA) is 40.5 Å². The lowest BCUT2D eigenvalue weighted by atomic mass is 9.84. The Morgan fingerprint density at radius 3 is 2.33 bits per heavy atom. The lowest BCUT2D eigenvalue weighted by Gasteiger charge is -2.26. The number of nitrogens with zero attached hydrogens (tertiary/aromatic N) is 1. The molecule has 1 rings (SSSR count). The molecule has 0 fully saturated rings. The van der Waals surface area contributed by atoms with E-state index in [1.165, 1.54) is 0 Å². The van der Waals surface area contributed by atoms with Crippen molar-refractivity contribution in [2.45, 2.75) is 27.2 Å². The highest BCUT2D eigenvalue weighted by Gasteiger charge is 2.26. The second kappa shape index (κ2) is 4.79. The summed E-state index contributed by atoms with van der Waals surface area (Å²) in [6.07, 6.45) is 4.92. The molecule has 86 valence electrons. The summed E-state index contributed by atoms with van der Waals surface area (Å²) < 4.78 is 0. The van der Waals surface area contributed by atoms with Crippen LogP contribution in [0.25, 0.3) is 0 Å². The van der Waals surface area contributed by atoms with Crippen LogP contribution in [0.2, 0.25) is 0 Å². The number of carbonyl (C=O) groups is 1. The summed E-state index contributed by atoms with van der Waals surface area (Å²) in [4.78, 5) is 13.3. The van der Waals surface area contributed by atoms with Gasteiger partial charge in [0.15, 0.2) is 0 Å². The Bertz CT molecular complexity index is 245. The molecule has 0 radical (unpaired) electrons. The van der Waals surface area contributed by atoms with Gasteiger partial charge in [-0.25, -0.2) is 0 Å². The Balaban J connectivity index is 2.47. The maximum Gasteiger partial charge on any atom is 0.307 e. The van der Waals surface area contributed by atoms with Crippen LogP contribution in [0.1, 0.15) is 27.2 Å². The van der Waals surface area contributed by atoms with Crippen LogP contribution in [0.15, 0.2) is 12.2 Å². The molecule has 1 atom stereocenters. The Labute approximate surface area is 91.8 Å². The fourth-order valence-electron chi connectivity index (χ4n) is 1.95. The zero-order valence-corrected chi connectivity index (χ0v) is 9.86. The van der Waals surface area contributed by atoms with E-state index >= 15 is 0 Å². The van der Waals surface area contributed by atoms with Crippen LogP contribution in [0.5, 0.6) is 0 Å². The van der Waals surface area contributed by atoms with Crippen molar-refractivity contribution in [3.8, 4) is 0 Å². The van der Waals surface area contributed by atoms with Gasteiger partial charge in [0, 0.05) is 19.6 Å². The first kappa shape index (κ1) is 12.2. The molecule has 0 amide bonds. The van der Waals surface area contributed by atoms with Gasteiger partial charge < -0.3 is 5.11 Å². The van der Waals surface area contributed by atoms with E-state index in [-0.39, 0.29) is 11.3 Å². The second-order valence-corrected chi connectivity index (χ2v) is 5.49. The highest BCUT2D eigenvalue weighted by atomic mass is 16.4. The van der Waals surface area contributed by atoms with E-state index in [0.717, 1.165) is 19.5 Å². The molecule has 0 aromatic rings. The van der Waals surface area contributed by atoms with Crippen LogP contribution in [-0.2, 0) is 4.79 Å². The van der Waals surface area contributed by atoms with Crippen LogP contribution >= 0.6 is 0 Å². The molecular weight excluding hydrogens is 190 g/mol. The van der Waals surface area contributed by atoms with E-state index < -0.39 is 5.97 Å². The fourth-order valence-corrected chi connectivity index (χ4v) is 1.95. The van der Waals surface area contributed by atoms with Crippen LogP contribution < -0.4 is 0 Å². The standard InChI is InChI=1S/C12H21NO2/c1-12(2,3)8-10(11(14)15)9-13-6-4-5-7-13/h4-5,10H,6-9H2,1-3H3,(H,14,15). The lowest BCUT2D eigenvalue weighted by molar-refractivity contribution is -0.143. The minimum Gasteiger partial charge on any atom is -0.481 e. The van der Waals surface area contributed by atoms with Crippen molar-refractivity contribution < 1.29 is 9.90 Å². The molecule has 1 aliphatic rings. The highest BCUT2D eigenvalue weighted by molar-refractivity contribution is 5.70. The van der Waals surface area contributed by atoms with Crippen molar-refractivity contribution in [2.24, 2.45) is 11.3 Å². The van der Waals surface area contributed by atoms with Gasteiger partial charge >= 0.3 is 5.97 Å². The summed E-state index contributed by atoms with van der Waals surface area (Å²) >= 11 is 0. The normalized spacial score (nSPS) is 19.4. The molecule has 0 aromatic heterocycles. The molecule has 3 nitrogen and oxygen atoms in total. The smallest absolute Gasteiger partial charge is 0.307 e. The third-order valence-corrected chi connectivity index (χ3v) is 2.58. The van der Waals surface area contributed by atoms with Gasteiger partial charge in [0.25, 0.3) is 0 Å². The summed E-state index contributed by atoms with van der Waals surface area (Å²) in [5.41, 5.74) is 0.0796. The van der Waals surface area contributed by atoms with Crippen molar-refractivity contribution in [1.82, 2.24) is 4.90 Å². The third-order valence-electron chi connectivity index (χ3n) is 2.58. The van der Waals surface area contributed by atoms with Crippen molar-refractivity contribution >= 4 is 5.97 Å². The highest BCUT2D eigenvalue weighted by Crippen LogP contribution is 2.25. The maximum atomic E-state index is 11.1. The first-order valence-corrected chi connectivity index (χ1v) is 5.48. The molecule has 0 spiro atoms. The predicted octanol–water partition coefficient (Wildman–Crippen LogP) is 2.00. The van der Waals surface area contributed by atoms with Gasteiger partial charge in [0.05, 0.1) is 5.92 Å². The van der Waals surface area contributed by atoms with Crippen LogP contribution in [0, 0.1) is 11.3 Å². The van der Waals surface area contributed by atoms with Crippen LogP contribution in [0.4, 0.5) is 0 Å². The van der Waals surface area contributed by atoms with Crippen molar-refractivity contribution in [3.63, 3.8) is 0 Å². The first-order valence-electron chi connectivity index (χ1n) is 5.48. The molecule has 1 unspecified atom stereocenters. The minimum absolute atomic E-state index is 0.0796. The average molecular weight is 211 g/mol. The van der Waals surface area contributed by atoms with E-state index in [4.69, 9.17) is 5.11 Å². The Kier molecular flexibility index (Phi) is 3.91. The second-order valence-electron chi connectivity index (χ2n) is 5.49. The summed E-state index contributed by atoms with van der Waals surface area (Å²) in [6.45, 7) is 8.73. The van der Waals surface area contributed by atoms with Gasteiger partial charge in [-0.1, -0.05) is 32.9 Å². The van der Waals surface area contributed by atoms with Crippen molar-refractivity contribution in [2.75, 3.05) is 19.6 Å². The Morgan fingerprint density at radius 2 is 1.93 bits per heavy atom. The molecule has 15 heavy (non-hydrogen) atoms. The summed E-state index contributed by atoms with van der Waals surface area (Å²) in [5, 5.41) is 9.15. The number of hydrogen-bond acceptors (Lipinski definition) is 2. The monoisotopic (exact) mass is 211 g/mol. The fraction of sp³-hybridized carbons (Fsp3) is 0.750. The summed E-state index contributed by atoms with van der Waals surface area (Å²) in [5.74, 6) is -0.915. The number of aliphatic carboxylic acids is 1.